The first-order valence-corrected chi connectivity index (χ1v) is 10.7. The fourth-order valence-electron chi connectivity index (χ4n) is 4.21. The summed E-state index contributed by atoms with van der Waals surface area (Å²) >= 11 is 0. The van der Waals surface area contributed by atoms with Crippen LogP contribution in [-0.4, -0.2) is 45.4 Å². The van der Waals surface area contributed by atoms with Gasteiger partial charge in [-0.25, -0.2) is 4.39 Å². The molecule has 1 saturated heterocycles. The van der Waals surface area contributed by atoms with Crippen molar-refractivity contribution in [2.24, 2.45) is 0 Å². The highest BCUT2D eigenvalue weighted by Crippen LogP contribution is 2.33. The third-order valence-corrected chi connectivity index (χ3v) is 5.87. The smallest absolute Gasteiger partial charge is 0.231 e. The van der Waals surface area contributed by atoms with E-state index in [-0.39, 0.29) is 24.6 Å². The molecule has 0 spiro atoms. The van der Waals surface area contributed by atoms with Gasteiger partial charge in [0.05, 0.1) is 32.7 Å². The Morgan fingerprint density at radius 2 is 1.87 bits per heavy atom. The lowest BCUT2D eigenvalue weighted by Crippen LogP contribution is -3.15. The lowest BCUT2D eigenvalue weighted by atomic mass is 10.0. The number of rotatable bonds is 7. The van der Waals surface area contributed by atoms with Gasteiger partial charge in [0.15, 0.2) is 11.5 Å². The van der Waals surface area contributed by atoms with Crippen molar-refractivity contribution in [3.05, 3.63) is 53.8 Å². The number of halogens is 1. The molecule has 0 saturated carbocycles. The molecule has 0 unspecified atom stereocenters. The van der Waals surface area contributed by atoms with Gasteiger partial charge < -0.3 is 24.6 Å². The molecule has 2 aromatic carbocycles. The summed E-state index contributed by atoms with van der Waals surface area (Å²) in [5, 5.41) is 3.11. The lowest BCUT2D eigenvalue weighted by molar-refractivity contribution is -0.931. The Labute approximate surface area is 176 Å². The Balaban J connectivity index is 1.46. The molecule has 30 heavy (non-hydrogen) atoms. The molecule has 6 nitrogen and oxygen atoms in total. The van der Waals surface area contributed by atoms with Crippen molar-refractivity contribution in [2.45, 2.75) is 25.8 Å². The van der Waals surface area contributed by atoms with E-state index in [1.807, 2.05) is 31.2 Å². The topological polar surface area (TPSA) is 55.2 Å². The first kappa shape index (κ1) is 20.5. The van der Waals surface area contributed by atoms with Crippen LogP contribution in [0.15, 0.2) is 42.5 Å². The first-order valence-electron chi connectivity index (χ1n) is 10.7. The molecule has 2 heterocycles. The molecule has 2 aromatic rings. The van der Waals surface area contributed by atoms with E-state index in [0.29, 0.717) is 13.0 Å². The second-order valence-corrected chi connectivity index (χ2v) is 7.84. The number of ether oxygens (including phenoxy) is 2. The maximum Gasteiger partial charge on any atom is 0.231 e. The maximum absolute atomic E-state index is 13.2. The predicted octanol–water partition coefficient (Wildman–Crippen LogP) is 1.92. The number of piperazine rings is 1. The molecule has 4 rings (SSSR count). The number of nitrogens with one attached hydrogen (secondary N) is 2. The average Bonchev–Trinajstić information content (AvgIpc) is 3.23. The van der Waals surface area contributed by atoms with Crippen LogP contribution in [0.5, 0.6) is 11.5 Å². The molecule has 2 aliphatic heterocycles. The number of carbonyl (C=O) groups excluding carboxylic acids is 1. The van der Waals surface area contributed by atoms with Crippen LogP contribution >= 0.6 is 0 Å². The summed E-state index contributed by atoms with van der Waals surface area (Å²) in [7, 11) is 0. The van der Waals surface area contributed by atoms with Crippen LogP contribution in [-0.2, 0) is 4.79 Å². The molecule has 0 aromatic heterocycles. The van der Waals surface area contributed by atoms with Gasteiger partial charge in [0.1, 0.15) is 11.9 Å². The van der Waals surface area contributed by atoms with Gasteiger partial charge in [0.25, 0.3) is 0 Å². The van der Waals surface area contributed by atoms with Crippen molar-refractivity contribution in [2.75, 3.05) is 44.4 Å². The van der Waals surface area contributed by atoms with Crippen LogP contribution < -0.4 is 24.6 Å². The molecule has 160 valence electrons. The van der Waals surface area contributed by atoms with Crippen LogP contribution in [0.2, 0.25) is 0 Å². The van der Waals surface area contributed by atoms with Crippen molar-refractivity contribution in [3.63, 3.8) is 0 Å². The highest BCUT2D eigenvalue weighted by Gasteiger charge is 2.30. The van der Waals surface area contributed by atoms with Gasteiger partial charge in [-0.2, -0.15) is 0 Å². The van der Waals surface area contributed by atoms with Crippen LogP contribution in [0.25, 0.3) is 0 Å². The minimum Gasteiger partial charge on any atom is -0.454 e. The summed E-state index contributed by atoms with van der Waals surface area (Å²) < 4.78 is 24.2. The molecule has 0 bridgehead atoms. The van der Waals surface area contributed by atoms with Crippen molar-refractivity contribution in [1.82, 2.24) is 5.32 Å². The van der Waals surface area contributed by atoms with Crippen LogP contribution in [0, 0.1) is 5.82 Å². The molecule has 0 radical (unpaired) electrons. The molecule has 2 N–H and O–H groups in total. The Hall–Kier alpha value is -2.80. The SMILES string of the molecule is CCCC(=O)NC[C@@H](c1ccc2c(c1)OCO2)[NH+]1CCN(c2ccc(F)cc2)CC1. The Kier molecular flexibility index (Phi) is 6.38. The molecule has 0 aliphatic carbocycles. The van der Waals surface area contributed by atoms with Crippen LogP contribution in [0.3, 0.4) is 0 Å². The van der Waals surface area contributed by atoms with Gasteiger partial charge in [-0.15, -0.1) is 0 Å². The molecule has 1 amide bonds. The summed E-state index contributed by atoms with van der Waals surface area (Å²) in [6, 6.07) is 12.9. The fourth-order valence-corrected chi connectivity index (χ4v) is 4.21. The fraction of sp³-hybridized carbons (Fsp3) is 0.435. The normalized spacial score (nSPS) is 17.1. The van der Waals surface area contributed by atoms with Crippen molar-refractivity contribution in [1.29, 1.82) is 0 Å². The van der Waals surface area contributed by atoms with E-state index in [1.165, 1.54) is 17.0 Å². The number of amides is 1. The number of anilines is 1. The Morgan fingerprint density at radius 1 is 1.13 bits per heavy atom. The van der Waals surface area contributed by atoms with E-state index in [0.717, 1.165) is 55.3 Å². The van der Waals surface area contributed by atoms with Crippen molar-refractivity contribution >= 4 is 11.6 Å². The predicted molar refractivity (Wildman–Crippen MR) is 113 cm³/mol. The van der Waals surface area contributed by atoms with E-state index in [2.05, 4.69) is 16.3 Å². The van der Waals surface area contributed by atoms with E-state index in [9.17, 15) is 9.18 Å². The summed E-state index contributed by atoms with van der Waals surface area (Å²) in [6.45, 7) is 6.47. The number of carbonyl (C=O) groups is 1. The lowest BCUT2D eigenvalue weighted by Gasteiger charge is -2.38. The monoisotopic (exact) mass is 414 g/mol. The minimum absolute atomic E-state index is 0.0904. The molecule has 7 heteroatoms. The average molecular weight is 415 g/mol. The Morgan fingerprint density at radius 3 is 2.60 bits per heavy atom. The number of fused-ring (bicyclic) bond motifs is 1. The highest BCUT2D eigenvalue weighted by atomic mass is 19.1. The summed E-state index contributed by atoms with van der Waals surface area (Å²) in [5.74, 6) is 1.41. The standard InChI is InChI=1S/C23H28FN3O3/c1-2-3-23(28)25-15-20(17-4-9-21-22(14-17)30-16-29-21)27-12-10-26(11-13-27)19-7-5-18(24)6-8-19/h4-9,14,20H,2-3,10-13,15-16H2,1H3,(H,25,28)/p+1/t20-/m0/s1. The number of nitrogens with zero attached hydrogens (tertiary/aromatic N) is 1. The molecule has 1 fully saturated rings. The number of hydrogen-bond donors (Lipinski definition) is 2. The molecule has 2 aliphatic rings. The third kappa shape index (κ3) is 4.67. The van der Waals surface area contributed by atoms with Crippen LogP contribution in [0.4, 0.5) is 10.1 Å². The molecular formula is C23H29FN3O3+. The number of quaternary nitrogens is 1. The summed E-state index contributed by atoms with van der Waals surface area (Å²) in [4.78, 5) is 15.8. The van der Waals surface area contributed by atoms with Gasteiger partial charge in [-0.3, -0.25) is 4.79 Å². The maximum atomic E-state index is 13.2. The zero-order chi connectivity index (χ0) is 20.9. The quantitative estimate of drug-likeness (QED) is 0.727. The van der Waals surface area contributed by atoms with E-state index in [1.54, 1.807) is 0 Å². The third-order valence-electron chi connectivity index (χ3n) is 5.87. The summed E-state index contributed by atoms with van der Waals surface area (Å²) in [6.07, 6.45) is 1.38. The highest BCUT2D eigenvalue weighted by molar-refractivity contribution is 5.75. The zero-order valence-electron chi connectivity index (χ0n) is 17.3. The summed E-state index contributed by atoms with van der Waals surface area (Å²) in [5.41, 5.74) is 2.19. The second-order valence-electron chi connectivity index (χ2n) is 7.84. The zero-order valence-corrected chi connectivity index (χ0v) is 17.3. The van der Waals surface area contributed by atoms with Crippen molar-refractivity contribution in [3.8, 4) is 11.5 Å². The van der Waals surface area contributed by atoms with Gasteiger partial charge in [0.2, 0.25) is 12.7 Å². The molecule has 1 atom stereocenters. The second kappa shape index (κ2) is 9.34. The van der Waals surface area contributed by atoms with E-state index < -0.39 is 0 Å². The van der Waals surface area contributed by atoms with E-state index in [4.69, 9.17) is 9.47 Å². The van der Waals surface area contributed by atoms with Crippen molar-refractivity contribution < 1.29 is 23.6 Å². The first-order chi connectivity index (χ1) is 14.6. The van der Waals surface area contributed by atoms with Gasteiger partial charge in [0, 0.05) is 17.7 Å². The largest absolute Gasteiger partial charge is 0.454 e. The number of hydrogen-bond acceptors (Lipinski definition) is 4. The Bertz CT molecular complexity index is 866. The van der Waals surface area contributed by atoms with Crippen LogP contribution in [0.1, 0.15) is 31.4 Å². The number of benzene rings is 2. The molecular weight excluding hydrogens is 385 g/mol. The van der Waals surface area contributed by atoms with Gasteiger partial charge in [-0.1, -0.05) is 6.92 Å². The minimum atomic E-state index is -0.214. The van der Waals surface area contributed by atoms with Gasteiger partial charge >= 0.3 is 0 Å². The van der Waals surface area contributed by atoms with E-state index >= 15 is 0 Å². The van der Waals surface area contributed by atoms with Gasteiger partial charge in [-0.05, 0) is 48.9 Å².